The van der Waals surface area contributed by atoms with Gasteiger partial charge >= 0.3 is 0 Å². The summed E-state index contributed by atoms with van der Waals surface area (Å²) in [6, 6.07) is 20.0. The van der Waals surface area contributed by atoms with Gasteiger partial charge in [0.15, 0.2) is 0 Å². The third-order valence-corrected chi connectivity index (χ3v) is 7.82. The Hall–Kier alpha value is -3.27. The fourth-order valence-electron chi connectivity index (χ4n) is 3.97. The number of hydrogen-bond acceptors (Lipinski definition) is 5. The van der Waals surface area contributed by atoms with Gasteiger partial charge in [-0.25, -0.2) is 8.42 Å². The molecule has 3 aromatic rings. The summed E-state index contributed by atoms with van der Waals surface area (Å²) in [6.45, 7) is -0.563. The van der Waals surface area contributed by atoms with Gasteiger partial charge in [0.2, 0.25) is 21.8 Å². The Balaban J connectivity index is 2.06. The van der Waals surface area contributed by atoms with Gasteiger partial charge in [-0.1, -0.05) is 71.7 Å². The molecule has 8 nitrogen and oxygen atoms in total. The number of carbonyl (C=O) groups is 2. The van der Waals surface area contributed by atoms with Gasteiger partial charge in [-0.15, -0.1) is 0 Å². The predicted octanol–water partition coefficient (Wildman–Crippen LogP) is 4.15. The van der Waals surface area contributed by atoms with E-state index in [1.54, 1.807) is 30.3 Å². The Bertz CT molecular complexity index is 1390. The second kappa shape index (κ2) is 13.0. The topological polar surface area (TPSA) is 96.0 Å². The van der Waals surface area contributed by atoms with Crippen LogP contribution in [-0.2, 0) is 32.6 Å². The minimum absolute atomic E-state index is 0.00104. The van der Waals surface area contributed by atoms with Crippen LogP contribution in [0.5, 0.6) is 5.75 Å². The highest BCUT2D eigenvalue weighted by atomic mass is 35.5. The van der Waals surface area contributed by atoms with Crippen LogP contribution in [-0.4, -0.2) is 58.1 Å². The van der Waals surface area contributed by atoms with Crippen LogP contribution in [0.1, 0.15) is 11.1 Å². The molecule has 0 saturated carbocycles. The summed E-state index contributed by atoms with van der Waals surface area (Å²) in [4.78, 5) is 28.4. The standard InChI is InChI=1S/C27H29Cl2N3O5S/c1-30-27(34)24(16-19-9-5-4-6-10-19)31(17-20-11-7-12-21(15-20)37-2)25(33)18-32(38(3,35)36)23-14-8-13-22(28)26(23)29/h4-15,24H,16-18H2,1-3H3,(H,30,34)/t24-/m0/s1. The summed E-state index contributed by atoms with van der Waals surface area (Å²) in [6.07, 6.45) is 1.19. The Morgan fingerprint density at radius 2 is 1.63 bits per heavy atom. The largest absolute Gasteiger partial charge is 0.497 e. The maximum atomic E-state index is 13.9. The van der Waals surface area contributed by atoms with E-state index in [9.17, 15) is 18.0 Å². The van der Waals surface area contributed by atoms with E-state index in [0.717, 1.165) is 16.1 Å². The number of hydrogen-bond donors (Lipinski definition) is 1. The van der Waals surface area contributed by atoms with Crippen molar-refractivity contribution in [3.05, 3.63) is 94.0 Å². The lowest BCUT2D eigenvalue weighted by Crippen LogP contribution is -2.52. The molecule has 11 heteroatoms. The molecule has 0 radical (unpaired) electrons. The summed E-state index contributed by atoms with van der Waals surface area (Å²) in [5.41, 5.74) is 1.60. The number of anilines is 1. The van der Waals surface area contributed by atoms with Crippen molar-refractivity contribution in [3.8, 4) is 5.75 Å². The summed E-state index contributed by atoms with van der Waals surface area (Å²) in [5.74, 6) is -0.409. The molecular weight excluding hydrogens is 549 g/mol. The van der Waals surface area contributed by atoms with Gasteiger partial charge in [-0.3, -0.25) is 13.9 Å². The van der Waals surface area contributed by atoms with E-state index in [1.165, 1.54) is 31.2 Å². The molecule has 0 aromatic heterocycles. The summed E-state index contributed by atoms with van der Waals surface area (Å²) in [7, 11) is -0.937. The van der Waals surface area contributed by atoms with Crippen molar-refractivity contribution in [2.45, 2.75) is 19.0 Å². The molecule has 202 valence electrons. The van der Waals surface area contributed by atoms with Crippen LogP contribution in [0, 0.1) is 0 Å². The molecule has 1 atom stereocenters. The maximum Gasteiger partial charge on any atom is 0.244 e. The molecule has 0 unspecified atom stereocenters. The molecule has 0 heterocycles. The van der Waals surface area contributed by atoms with Gasteiger partial charge < -0.3 is 15.0 Å². The van der Waals surface area contributed by atoms with Gasteiger partial charge in [-0.2, -0.15) is 0 Å². The molecule has 0 aliphatic carbocycles. The van der Waals surface area contributed by atoms with Crippen molar-refractivity contribution in [2.24, 2.45) is 0 Å². The van der Waals surface area contributed by atoms with Crippen LogP contribution in [0.25, 0.3) is 0 Å². The van der Waals surface area contributed by atoms with Gasteiger partial charge in [0.05, 0.1) is 29.1 Å². The van der Waals surface area contributed by atoms with Crippen molar-refractivity contribution >= 4 is 50.7 Å². The van der Waals surface area contributed by atoms with E-state index in [2.05, 4.69) is 5.32 Å². The number of rotatable bonds is 11. The number of benzene rings is 3. The lowest BCUT2D eigenvalue weighted by molar-refractivity contribution is -0.139. The smallest absolute Gasteiger partial charge is 0.244 e. The van der Waals surface area contributed by atoms with Crippen LogP contribution in [0.3, 0.4) is 0 Å². The van der Waals surface area contributed by atoms with Crippen LogP contribution < -0.4 is 14.4 Å². The van der Waals surface area contributed by atoms with Crippen molar-refractivity contribution < 1.29 is 22.7 Å². The molecule has 0 fully saturated rings. The number of ether oxygens (including phenoxy) is 1. The van der Waals surface area contributed by atoms with E-state index < -0.39 is 34.4 Å². The Morgan fingerprint density at radius 1 is 0.974 bits per heavy atom. The number of methoxy groups -OCH3 is 1. The number of sulfonamides is 1. The Labute approximate surface area is 233 Å². The molecule has 0 bridgehead atoms. The van der Waals surface area contributed by atoms with E-state index in [0.29, 0.717) is 11.3 Å². The number of amides is 2. The zero-order valence-corrected chi connectivity index (χ0v) is 23.6. The van der Waals surface area contributed by atoms with Gasteiger partial charge in [-0.05, 0) is 35.4 Å². The zero-order chi connectivity index (χ0) is 27.9. The molecule has 38 heavy (non-hydrogen) atoms. The fraction of sp³-hybridized carbons (Fsp3) is 0.259. The lowest BCUT2D eigenvalue weighted by atomic mass is 10.0. The number of nitrogens with one attached hydrogen (secondary N) is 1. The van der Waals surface area contributed by atoms with Crippen molar-refractivity contribution in [1.82, 2.24) is 10.2 Å². The van der Waals surface area contributed by atoms with Crippen molar-refractivity contribution in [1.29, 1.82) is 0 Å². The van der Waals surface area contributed by atoms with Gasteiger partial charge in [0.25, 0.3) is 0 Å². The summed E-state index contributed by atoms with van der Waals surface area (Å²) >= 11 is 12.5. The molecule has 0 aliphatic heterocycles. The van der Waals surface area contributed by atoms with Gasteiger partial charge in [0.1, 0.15) is 18.3 Å². The number of carbonyl (C=O) groups excluding carboxylic acids is 2. The lowest BCUT2D eigenvalue weighted by Gasteiger charge is -2.33. The predicted molar refractivity (Wildman–Crippen MR) is 150 cm³/mol. The number of likely N-dealkylation sites (N-methyl/N-ethyl adjacent to an activating group) is 1. The quantitative estimate of drug-likeness (QED) is 0.369. The average Bonchev–Trinajstić information content (AvgIpc) is 2.90. The van der Waals surface area contributed by atoms with Crippen molar-refractivity contribution in [3.63, 3.8) is 0 Å². The third-order valence-electron chi connectivity index (χ3n) is 5.88. The van der Waals surface area contributed by atoms with E-state index in [-0.39, 0.29) is 28.7 Å². The number of halogens is 2. The molecule has 1 N–H and O–H groups in total. The molecule has 3 rings (SSSR count). The van der Waals surface area contributed by atoms with Crippen LogP contribution >= 0.6 is 23.2 Å². The molecule has 0 aliphatic rings. The van der Waals surface area contributed by atoms with E-state index in [1.807, 2.05) is 30.3 Å². The van der Waals surface area contributed by atoms with E-state index in [4.69, 9.17) is 27.9 Å². The first-order chi connectivity index (χ1) is 18.0. The first kappa shape index (κ1) is 29.3. The van der Waals surface area contributed by atoms with Gasteiger partial charge in [0, 0.05) is 20.0 Å². The first-order valence-electron chi connectivity index (χ1n) is 11.6. The Morgan fingerprint density at radius 3 is 2.26 bits per heavy atom. The first-order valence-corrected chi connectivity index (χ1v) is 14.2. The number of nitrogens with zero attached hydrogens (tertiary/aromatic N) is 2. The SMILES string of the molecule is CNC(=O)[C@H](Cc1ccccc1)N(Cc1cccc(OC)c1)C(=O)CN(c1cccc(Cl)c1Cl)S(C)(=O)=O. The van der Waals surface area contributed by atoms with E-state index >= 15 is 0 Å². The van der Waals surface area contributed by atoms with Crippen LogP contribution in [0.15, 0.2) is 72.8 Å². The maximum absolute atomic E-state index is 13.9. The Kier molecular flexibility index (Phi) is 10.0. The highest BCUT2D eigenvalue weighted by molar-refractivity contribution is 7.92. The highest BCUT2D eigenvalue weighted by Gasteiger charge is 2.33. The second-order valence-electron chi connectivity index (χ2n) is 8.54. The second-order valence-corrected chi connectivity index (χ2v) is 11.2. The molecular formula is C27H29Cl2N3O5S. The van der Waals surface area contributed by atoms with Crippen LogP contribution in [0.4, 0.5) is 5.69 Å². The highest BCUT2D eigenvalue weighted by Crippen LogP contribution is 2.34. The van der Waals surface area contributed by atoms with Crippen molar-refractivity contribution in [2.75, 3.05) is 31.3 Å². The summed E-state index contributed by atoms with van der Waals surface area (Å²) in [5, 5.41) is 2.78. The molecule has 0 spiro atoms. The summed E-state index contributed by atoms with van der Waals surface area (Å²) < 4.78 is 31.8. The molecule has 3 aromatic carbocycles. The monoisotopic (exact) mass is 577 g/mol. The molecule has 2 amide bonds. The third kappa shape index (κ3) is 7.40. The molecule has 0 saturated heterocycles. The fourth-order valence-corrected chi connectivity index (χ4v) is 5.27. The average molecular weight is 579 g/mol. The minimum Gasteiger partial charge on any atom is -0.497 e. The zero-order valence-electron chi connectivity index (χ0n) is 21.2. The minimum atomic E-state index is -3.96. The van der Waals surface area contributed by atoms with Crippen LogP contribution in [0.2, 0.25) is 10.0 Å². The normalized spacial score (nSPS) is 11.9.